The first-order valence-corrected chi connectivity index (χ1v) is 4.71. The van der Waals surface area contributed by atoms with Gasteiger partial charge in [0.05, 0.1) is 0 Å². The molecule has 0 aliphatic heterocycles. The lowest BCUT2D eigenvalue weighted by molar-refractivity contribution is 0.440. The minimum Gasteiger partial charge on any atom is -0.740 e. The number of nitrogen functional groups attached to an aromatic ring is 1. The van der Waals surface area contributed by atoms with Gasteiger partial charge in [-0.25, -0.2) is 4.21 Å². The third kappa shape index (κ3) is 2.47. The predicted molar refractivity (Wildman–Crippen MR) is 48.1 cm³/mol. The summed E-state index contributed by atoms with van der Waals surface area (Å²) in [5.74, 6) is 0.226. The molecule has 4 nitrogen and oxygen atoms in total. The van der Waals surface area contributed by atoms with Crippen molar-refractivity contribution in [1.29, 1.82) is 0 Å². The molecule has 12 heavy (non-hydrogen) atoms. The molecule has 2 N–H and O–H groups in total. The monoisotopic (exact) mass is 250 g/mol. The highest BCUT2D eigenvalue weighted by atomic mass is 79.9. The number of nitrogens with two attached hydrogens (primary N) is 1. The van der Waals surface area contributed by atoms with Crippen molar-refractivity contribution in [3.63, 3.8) is 0 Å². The zero-order valence-corrected chi connectivity index (χ0v) is 8.22. The fourth-order valence-electron chi connectivity index (χ4n) is 0.638. The molecule has 0 spiro atoms. The van der Waals surface area contributed by atoms with Crippen LogP contribution in [-0.4, -0.2) is 8.76 Å². The minimum atomic E-state index is -2.54. The van der Waals surface area contributed by atoms with Crippen molar-refractivity contribution in [1.82, 2.24) is 0 Å². The normalized spacial score (nSPS) is 12.5. The lowest BCUT2D eigenvalue weighted by atomic mass is 10.3. The van der Waals surface area contributed by atoms with E-state index in [9.17, 15) is 8.76 Å². The molecular formula is C6H5BrNO3S-. The maximum absolute atomic E-state index is 10.1. The van der Waals surface area contributed by atoms with Crippen LogP contribution in [0.25, 0.3) is 0 Å². The summed E-state index contributed by atoms with van der Waals surface area (Å²) in [7, 11) is 0. The van der Waals surface area contributed by atoms with E-state index in [0.29, 0.717) is 10.2 Å². The number of hydrogen-bond donors (Lipinski definition) is 1. The van der Waals surface area contributed by atoms with Crippen LogP contribution >= 0.6 is 15.9 Å². The average Bonchev–Trinajstić information content (AvgIpc) is 1.96. The zero-order valence-electron chi connectivity index (χ0n) is 5.82. The van der Waals surface area contributed by atoms with E-state index in [1.54, 1.807) is 6.07 Å². The van der Waals surface area contributed by atoms with Gasteiger partial charge in [0.25, 0.3) is 0 Å². The van der Waals surface area contributed by atoms with Gasteiger partial charge in [0.1, 0.15) is 17.1 Å². The van der Waals surface area contributed by atoms with Crippen LogP contribution in [0.4, 0.5) is 5.69 Å². The molecule has 0 bridgehead atoms. The van der Waals surface area contributed by atoms with E-state index in [1.165, 1.54) is 12.1 Å². The van der Waals surface area contributed by atoms with Gasteiger partial charge >= 0.3 is 0 Å². The van der Waals surface area contributed by atoms with E-state index in [4.69, 9.17) is 5.73 Å². The van der Waals surface area contributed by atoms with Crippen molar-refractivity contribution in [2.24, 2.45) is 0 Å². The summed E-state index contributed by atoms with van der Waals surface area (Å²) in [6.07, 6.45) is 0. The molecule has 0 heterocycles. The predicted octanol–water partition coefficient (Wildman–Crippen LogP) is 1.20. The van der Waals surface area contributed by atoms with Gasteiger partial charge in [-0.2, -0.15) is 0 Å². The van der Waals surface area contributed by atoms with Crippen LogP contribution in [0, 0.1) is 0 Å². The molecule has 1 aromatic carbocycles. The summed E-state index contributed by atoms with van der Waals surface area (Å²) in [5.41, 5.74) is 5.99. The van der Waals surface area contributed by atoms with Crippen LogP contribution in [0.2, 0.25) is 0 Å². The Balaban J connectivity index is 2.89. The second-order valence-corrected chi connectivity index (χ2v) is 3.40. The van der Waals surface area contributed by atoms with Gasteiger partial charge in [0.15, 0.2) is 0 Å². The largest absolute Gasteiger partial charge is 0.740 e. The molecule has 0 aliphatic carbocycles. The number of hydrogen-bond acceptors (Lipinski definition) is 4. The number of anilines is 1. The number of halogens is 1. The Labute approximate surface area is 80.3 Å². The highest BCUT2D eigenvalue weighted by Crippen LogP contribution is 2.24. The summed E-state index contributed by atoms with van der Waals surface area (Å²) >= 11 is 0.587. The fourth-order valence-corrected chi connectivity index (χ4v) is 1.26. The smallest absolute Gasteiger partial charge is 0.140 e. The average molecular weight is 251 g/mol. The first-order chi connectivity index (χ1) is 5.59. The summed E-state index contributed by atoms with van der Waals surface area (Å²) in [5, 5.41) is 0. The van der Waals surface area contributed by atoms with Crippen molar-refractivity contribution in [3.05, 3.63) is 22.7 Å². The highest BCUT2D eigenvalue weighted by molar-refractivity contribution is 9.10. The molecule has 0 saturated carbocycles. The lowest BCUT2D eigenvalue weighted by Crippen LogP contribution is -1.98. The Morgan fingerprint density at radius 3 is 2.75 bits per heavy atom. The lowest BCUT2D eigenvalue weighted by Gasteiger charge is -2.07. The van der Waals surface area contributed by atoms with E-state index in [2.05, 4.69) is 20.1 Å². The summed E-state index contributed by atoms with van der Waals surface area (Å²) in [6.45, 7) is 0. The molecule has 0 radical (unpaired) electrons. The van der Waals surface area contributed by atoms with Crippen molar-refractivity contribution in [2.45, 2.75) is 0 Å². The first-order valence-electron chi connectivity index (χ1n) is 2.92. The minimum absolute atomic E-state index is 0.226. The van der Waals surface area contributed by atoms with Crippen LogP contribution in [0.1, 0.15) is 0 Å². The second kappa shape index (κ2) is 3.88. The third-order valence-corrected chi connectivity index (χ3v) is 2.15. The SMILES string of the molecule is Nc1ccc(OS(=O)[O-])cc1Br. The Kier molecular flexibility index (Phi) is 3.07. The maximum Gasteiger partial charge on any atom is 0.140 e. The van der Waals surface area contributed by atoms with E-state index < -0.39 is 11.4 Å². The molecule has 0 fully saturated rings. The van der Waals surface area contributed by atoms with Gasteiger partial charge in [-0.3, -0.25) is 0 Å². The number of benzene rings is 1. The molecule has 0 saturated heterocycles. The van der Waals surface area contributed by atoms with Crippen LogP contribution < -0.4 is 9.92 Å². The Morgan fingerprint density at radius 2 is 2.25 bits per heavy atom. The van der Waals surface area contributed by atoms with Gasteiger partial charge in [0, 0.05) is 10.2 Å². The fraction of sp³-hybridized carbons (Fsp3) is 0. The van der Waals surface area contributed by atoms with Crippen molar-refractivity contribution in [3.8, 4) is 5.75 Å². The Bertz CT molecular complexity index is 318. The summed E-state index contributed by atoms with van der Waals surface area (Å²) in [6, 6.07) is 4.49. The summed E-state index contributed by atoms with van der Waals surface area (Å²) in [4.78, 5) is 0. The molecule has 1 atom stereocenters. The van der Waals surface area contributed by atoms with E-state index in [0.717, 1.165) is 0 Å². The zero-order chi connectivity index (χ0) is 9.14. The third-order valence-electron chi connectivity index (χ3n) is 1.14. The molecule has 66 valence electrons. The Hall–Kier alpha value is -0.590. The van der Waals surface area contributed by atoms with Crippen molar-refractivity contribution in [2.75, 3.05) is 5.73 Å². The van der Waals surface area contributed by atoms with Crippen LogP contribution in [-0.2, 0) is 11.4 Å². The van der Waals surface area contributed by atoms with Crippen molar-refractivity contribution < 1.29 is 12.9 Å². The topological polar surface area (TPSA) is 75.4 Å². The first kappa shape index (κ1) is 9.50. The van der Waals surface area contributed by atoms with Crippen LogP contribution in [0.3, 0.4) is 0 Å². The molecule has 0 aromatic heterocycles. The quantitative estimate of drug-likeness (QED) is 0.633. The van der Waals surface area contributed by atoms with E-state index in [-0.39, 0.29) is 5.75 Å². The van der Waals surface area contributed by atoms with E-state index in [1.807, 2.05) is 0 Å². The van der Waals surface area contributed by atoms with Crippen molar-refractivity contribution >= 4 is 33.0 Å². The molecule has 1 unspecified atom stereocenters. The van der Waals surface area contributed by atoms with E-state index >= 15 is 0 Å². The van der Waals surface area contributed by atoms with Gasteiger partial charge < -0.3 is 14.5 Å². The number of rotatable bonds is 2. The molecule has 6 heteroatoms. The van der Waals surface area contributed by atoms with Gasteiger partial charge in [-0.05, 0) is 34.1 Å². The van der Waals surface area contributed by atoms with Gasteiger partial charge in [0.2, 0.25) is 0 Å². The molecule has 0 amide bonds. The van der Waals surface area contributed by atoms with Gasteiger partial charge in [-0.1, -0.05) is 0 Å². The summed E-state index contributed by atoms with van der Waals surface area (Å²) < 4.78 is 25.2. The molecule has 1 rings (SSSR count). The molecular weight excluding hydrogens is 246 g/mol. The highest BCUT2D eigenvalue weighted by Gasteiger charge is 1.98. The maximum atomic E-state index is 10.1. The standard InChI is InChI=1S/C6H6BrNO3S/c7-5-3-4(11-12(9)10)1-2-6(5)8/h1-3H,8H2,(H,9,10)/p-1. The molecule has 0 aliphatic rings. The Morgan fingerprint density at radius 1 is 1.58 bits per heavy atom. The van der Waals surface area contributed by atoms with Crippen LogP contribution in [0.15, 0.2) is 22.7 Å². The van der Waals surface area contributed by atoms with Gasteiger partial charge in [-0.15, -0.1) is 0 Å². The van der Waals surface area contributed by atoms with Crippen LogP contribution in [0.5, 0.6) is 5.75 Å². The second-order valence-electron chi connectivity index (χ2n) is 1.97. The molecule has 1 aromatic rings.